The second-order valence-corrected chi connectivity index (χ2v) is 4.91. The first-order valence-electron chi connectivity index (χ1n) is 6.12. The van der Waals surface area contributed by atoms with E-state index in [-0.39, 0.29) is 0 Å². The van der Waals surface area contributed by atoms with Crippen molar-refractivity contribution in [1.82, 2.24) is 0 Å². The summed E-state index contributed by atoms with van der Waals surface area (Å²) in [5.41, 5.74) is 3.96. The zero-order valence-electron chi connectivity index (χ0n) is 10.2. The van der Waals surface area contributed by atoms with Crippen LogP contribution < -0.4 is 4.74 Å². The number of hydrogen-bond acceptors (Lipinski definition) is 1. The summed E-state index contributed by atoms with van der Waals surface area (Å²) in [5.74, 6) is 2.57. The molecule has 2 aromatic carbocycles. The van der Waals surface area contributed by atoms with Gasteiger partial charge in [0.15, 0.2) is 0 Å². The van der Waals surface area contributed by atoms with Crippen LogP contribution in [0.4, 0.5) is 0 Å². The highest BCUT2D eigenvalue weighted by Gasteiger charge is 2.16. The molecule has 0 aromatic heterocycles. The molecule has 0 unspecified atom stereocenters. The van der Waals surface area contributed by atoms with Crippen molar-refractivity contribution in [1.29, 1.82) is 0 Å². The standard InChI is InChI=1S/C16H16O/c1-11(2)12-7-8-16-14(9-12)10-13-5-3-4-6-15(13)17-16/h3-9,11H,10H2,1-2H3. The lowest BCUT2D eigenvalue weighted by atomic mass is 9.95. The molecule has 0 spiro atoms. The third-order valence-corrected chi connectivity index (χ3v) is 3.32. The average molecular weight is 224 g/mol. The lowest BCUT2D eigenvalue weighted by Gasteiger charge is -2.21. The molecule has 0 amide bonds. The van der Waals surface area contributed by atoms with Gasteiger partial charge in [-0.15, -0.1) is 0 Å². The van der Waals surface area contributed by atoms with Crippen molar-refractivity contribution in [2.75, 3.05) is 0 Å². The number of rotatable bonds is 1. The van der Waals surface area contributed by atoms with Gasteiger partial charge >= 0.3 is 0 Å². The summed E-state index contributed by atoms with van der Waals surface area (Å²) >= 11 is 0. The number of para-hydroxylation sites is 1. The molecule has 0 radical (unpaired) electrons. The van der Waals surface area contributed by atoms with E-state index >= 15 is 0 Å². The third-order valence-electron chi connectivity index (χ3n) is 3.32. The Morgan fingerprint density at radius 2 is 1.71 bits per heavy atom. The Balaban J connectivity index is 2.03. The fourth-order valence-corrected chi connectivity index (χ4v) is 2.27. The van der Waals surface area contributed by atoms with Crippen LogP contribution in [0, 0.1) is 0 Å². The molecular weight excluding hydrogens is 208 g/mol. The molecular formula is C16H16O. The van der Waals surface area contributed by atoms with E-state index in [0.29, 0.717) is 5.92 Å². The zero-order chi connectivity index (χ0) is 11.8. The first kappa shape index (κ1) is 10.4. The van der Waals surface area contributed by atoms with Crippen molar-refractivity contribution in [3.63, 3.8) is 0 Å². The van der Waals surface area contributed by atoms with Gasteiger partial charge in [-0.1, -0.05) is 44.2 Å². The van der Waals surface area contributed by atoms with Gasteiger partial charge in [-0.3, -0.25) is 0 Å². The van der Waals surface area contributed by atoms with E-state index in [2.05, 4.69) is 44.2 Å². The number of benzene rings is 2. The summed E-state index contributed by atoms with van der Waals surface area (Å²) in [6, 6.07) is 14.8. The molecule has 3 rings (SSSR count). The SMILES string of the molecule is CC(C)c1ccc2c(c1)Cc1ccccc1O2. The number of ether oxygens (including phenoxy) is 1. The molecule has 2 aromatic rings. The third kappa shape index (κ3) is 1.82. The molecule has 1 aliphatic heterocycles. The van der Waals surface area contributed by atoms with Crippen molar-refractivity contribution >= 4 is 0 Å². The van der Waals surface area contributed by atoms with Crippen LogP contribution in [0.15, 0.2) is 42.5 Å². The summed E-state index contributed by atoms with van der Waals surface area (Å²) in [6.07, 6.45) is 0.978. The molecule has 86 valence electrons. The highest BCUT2D eigenvalue weighted by Crippen LogP contribution is 2.37. The van der Waals surface area contributed by atoms with E-state index < -0.39 is 0 Å². The van der Waals surface area contributed by atoms with E-state index in [0.717, 1.165) is 17.9 Å². The molecule has 1 heterocycles. The molecule has 0 aliphatic carbocycles. The smallest absolute Gasteiger partial charge is 0.130 e. The van der Waals surface area contributed by atoms with Gasteiger partial charge in [0.25, 0.3) is 0 Å². The molecule has 17 heavy (non-hydrogen) atoms. The fourth-order valence-electron chi connectivity index (χ4n) is 2.27. The van der Waals surface area contributed by atoms with Crippen molar-refractivity contribution in [2.45, 2.75) is 26.2 Å². The maximum atomic E-state index is 5.91. The van der Waals surface area contributed by atoms with E-state index in [9.17, 15) is 0 Å². The molecule has 1 heteroatoms. The molecule has 1 nitrogen and oxygen atoms in total. The van der Waals surface area contributed by atoms with Crippen LogP contribution in [0.3, 0.4) is 0 Å². The number of hydrogen-bond donors (Lipinski definition) is 0. The van der Waals surface area contributed by atoms with Gasteiger partial charge in [-0.25, -0.2) is 0 Å². The molecule has 0 saturated heterocycles. The Kier molecular flexibility index (Phi) is 2.40. The van der Waals surface area contributed by atoms with Gasteiger partial charge < -0.3 is 4.74 Å². The van der Waals surface area contributed by atoms with E-state index in [1.807, 2.05) is 12.1 Å². The lowest BCUT2D eigenvalue weighted by molar-refractivity contribution is 0.459. The maximum absolute atomic E-state index is 5.91. The largest absolute Gasteiger partial charge is 0.457 e. The summed E-state index contributed by atoms with van der Waals surface area (Å²) in [5, 5.41) is 0. The summed E-state index contributed by atoms with van der Waals surface area (Å²) in [6.45, 7) is 4.44. The minimum Gasteiger partial charge on any atom is -0.457 e. The summed E-state index contributed by atoms with van der Waals surface area (Å²) < 4.78 is 5.91. The van der Waals surface area contributed by atoms with Crippen molar-refractivity contribution in [3.8, 4) is 11.5 Å². The molecule has 0 N–H and O–H groups in total. The van der Waals surface area contributed by atoms with Gasteiger partial charge in [-0.2, -0.15) is 0 Å². The first-order chi connectivity index (χ1) is 8.24. The Hall–Kier alpha value is -1.76. The predicted molar refractivity (Wildman–Crippen MR) is 69.9 cm³/mol. The normalized spacial score (nSPS) is 12.9. The van der Waals surface area contributed by atoms with E-state index in [1.165, 1.54) is 16.7 Å². The van der Waals surface area contributed by atoms with Crippen LogP contribution in [0.2, 0.25) is 0 Å². The molecule has 0 atom stereocenters. The van der Waals surface area contributed by atoms with Crippen LogP contribution in [0.25, 0.3) is 0 Å². The molecule has 1 aliphatic rings. The Morgan fingerprint density at radius 3 is 2.53 bits per heavy atom. The van der Waals surface area contributed by atoms with E-state index in [4.69, 9.17) is 4.74 Å². The summed E-state index contributed by atoms with van der Waals surface area (Å²) in [4.78, 5) is 0. The second kappa shape index (κ2) is 3.92. The van der Waals surface area contributed by atoms with Crippen molar-refractivity contribution < 1.29 is 4.74 Å². The van der Waals surface area contributed by atoms with Crippen LogP contribution in [0.5, 0.6) is 11.5 Å². The molecule has 0 bridgehead atoms. The quantitative estimate of drug-likeness (QED) is 0.591. The predicted octanol–water partition coefficient (Wildman–Crippen LogP) is 4.51. The van der Waals surface area contributed by atoms with Gasteiger partial charge in [0.1, 0.15) is 11.5 Å². The van der Waals surface area contributed by atoms with Crippen molar-refractivity contribution in [3.05, 3.63) is 59.2 Å². The van der Waals surface area contributed by atoms with Gasteiger partial charge in [0.05, 0.1) is 0 Å². The molecule has 0 saturated carbocycles. The van der Waals surface area contributed by atoms with Crippen LogP contribution >= 0.6 is 0 Å². The second-order valence-electron chi connectivity index (χ2n) is 4.91. The lowest BCUT2D eigenvalue weighted by Crippen LogP contribution is -2.03. The average Bonchev–Trinajstić information content (AvgIpc) is 2.35. The first-order valence-corrected chi connectivity index (χ1v) is 6.12. The minimum atomic E-state index is 0.567. The highest BCUT2D eigenvalue weighted by atomic mass is 16.5. The highest BCUT2D eigenvalue weighted by molar-refractivity contribution is 5.50. The Bertz CT molecular complexity index is 555. The molecule has 0 fully saturated rings. The monoisotopic (exact) mass is 224 g/mol. The summed E-state index contributed by atoms with van der Waals surface area (Å²) in [7, 11) is 0. The van der Waals surface area contributed by atoms with Crippen LogP contribution in [-0.4, -0.2) is 0 Å². The van der Waals surface area contributed by atoms with Gasteiger partial charge in [-0.05, 0) is 34.7 Å². The van der Waals surface area contributed by atoms with Crippen LogP contribution in [0.1, 0.15) is 36.5 Å². The minimum absolute atomic E-state index is 0.567. The van der Waals surface area contributed by atoms with Gasteiger partial charge in [0.2, 0.25) is 0 Å². The Labute approximate surface area is 102 Å². The Morgan fingerprint density at radius 1 is 0.941 bits per heavy atom. The number of fused-ring (bicyclic) bond motifs is 2. The van der Waals surface area contributed by atoms with Gasteiger partial charge in [0, 0.05) is 6.42 Å². The fraction of sp³-hybridized carbons (Fsp3) is 0.250. The maximum Gasteiger partial charge on any atom is 0.130 e. The van der Waals surface area contributed by atoms with E-state index in [1.54, 1.807) is 0 Å². The zero-order valence-corrected chi connectivity index (χ0v) is 10.2. The van der Waals surface area contributed by atoms with Crippen molar-refractivity contribution in [2.24, 2.45) is 0 Å². The van der Waals surface area contributed by atoms with Crippen LogP contribution in [-0.2, 0) is 6.42 Å². The topological polar surface area (TPSA) is 9.23 Å².